The molecule has 0 spiro atoms. The Morgan fingerprint density at radius 1 is 0.630 bits per heavy atom. The number of hydrogen-bond acceptors (Lipinski definition) is 4. The van der Waals surface area contributed by atoms with E-state index in [0.717, 1.165) is 55.1 Å². The van der Waals surface area contributed by atoms with Gasteiger partial charge in [0.2, 0.25) is 0 Å². The van der Waals surface area contributed by atoms with E-state index in [0.29, 0.717) is 0 Å². The second-order valence-corrected chi connectivity index (χ2v) is 6.54. The van der Waals surface area contributed by atoms with E-state index in [2.05, 4.69) is 34.2 Å². The van der Waals surface area contributed by atoms with E-state index in [1.807, 2.05) is 48.7 Å². The Balaban J connectivity index is 1.69. The molecule has 0 unspecified atom stereocenters. The standard InChI is InChI=1S/C23H13N3O/c1-2-6-19-16(5-1)17-11-13-25-22(23(17)27-19)18-10-9-15-8-7-14-4-3-12-24-20(14)21(15)26-18/h1-13H. The van der Waals surface area contributed by atoms with Gasteiger partial charge < -0.3 is 4.42 Å². The highest BCUT2D eigenvalue weighted by molar-refractivity contribution is 6.09. The van der Waals surface area contributed by atoms with Gasteiger partial charge >= 0.3 is 0 Å². The van der Waals surface area contributed by atoms with Crippen molar-refractivity contribution in [3.8, 4) is 11.4 Å². The topological polar surface area (TPSA) is 51.8 Å². The summed E-state index contributed by atoms with van der Waals surface area (Å²) in [7, 11) is 0. The molecule has 0 saturated heterocycles. The molecule has 4 heterocycles. The van der Waals surface area contributed by atoms with Gasteiger partial charge in [0.15, 0.2) is 5.58 Å². The average Bonchev–Trinajstić information content (AvgIpc) is 3.12. The van der Waals surface area contributed by atoms with Crippen molar-refractivity contribution < 1.29 is 4.42 Å². The summed E-state index contributed by atoms with van der Waals surface area (Å²) >= 11 is 0. The lowest BCUT2D eigenvalue weighted by atomic mass is 10.1. The SMILES string of the molecule is c1cnc2c(c1)ccc1ccc(-c3nccc4c3oc3ccccc34)nc12. The number of aromatic nitrogens is 3. The summed E-state index contributed by atoms with van der Waals surface area (Å²) in [6, 6.07) is 22.2. The fraction of sp³-hybridized carbons (Fsp3) is 0. The van der Waals surface area contributed by atoms with Crippen LogP contribution in [0.15, 0.2) is 83.5 Å². The van der Waals surface area contributed by atoms with Crippen molar-refractivity contribution in [1.82, 2.24) is 15.0 Å². The molecule has 0 fully saturated rings. The Kier molecular flexibility index (Phi) is 2.85. The van der Waals surface area contributed by atoms with Crippen LogP contribution in [-0.2, 0) is 0 Å². The summed E-state index contributed by atoms with van der Waals surface area (Å²) < 4.78 is 6.12. The van der Waals surface area contributed by atoms with Crippen molar-refractivity contribution in [2.24, 2.45) is 0 Å². The molecule has 4 heteroatoms. The first kappa shape index (κ1) is 14.4. The van der Waals surface area contributed by atoms with E-state index in [1.54, 1.807) is 6.20 Å². The molecule has 0 amide bonds. The van der Waals surface area contributed by atoms with Crippen LogP contribution in [0.2, 0.25) is 0 Å². The maximum absolute atomic E-state index is 6.12. The summed E-state index contributed by atoms with van der Waals surface area (Å²) in [6.45, 7) is 0. The van der Waals surface area contributed by atoms with Crippen LogP contribution < -0.4 is 0 Å². The lowest BCUT2D eigenvalue weighted by Gasteiger charge is -2.05. The van der Waals surface area contributed by atoms with Crippen molar-refractivity contribution in [2.45, 2.75) is 0 Å². The molecule has 0 aliphatic heterocycles. The van der Waals surface area contributed by atoms with Gasteiger partial charge in [0.1, 0.15) is 11.3 Å². The quantitative estimate of drug-likeness (QED) is 0.356. The van der Waals surface area contributed by atoms with Gasteiger partial charge in [-0.3, -0.25) is 9.97 Å². The third-order valence-electron chi connectivity index (χ3n) is 4.97. The van der Waals surface area contributed by atoms with E-state index < -0.39 is 0 Å². The van der Waals surface area contributed by atoms with Crippen LogP contribution in [0.1, 0.15) is 0 Å². The maximum Gasteiger partial charge on any atom is 0.163 e. The first-order valence-corrected chi connectivity index (χ1v) is 8.80. The molecular weight excluding hydrogens is 334 g/mol. The normalized spacial score (nSPS) is 11.7. The highest BCUT2D eigenvalue weighted by Crippen LogP contribution is 2.34. The third-order valence-corrected chi connectivity index (χ3v) is 4.97. The van der Waals surface area contributed by atoms with Crippen LogP contribution in [0.4, 0.5) is 0 Å². The average molecular weight is 347 g/mol. The van der Waals surface area contributed by atoms with Gasteiger partial charge in [-0.05, 0) is 24.3 Å². The molecule has 0 aliphatic rings. The first-order chi connectivity index (χ1) is 13.4. The summed E-state index contributed by atoms with van der Waals surface area (Å²) in [4.78, 5) is 14.0. The van der Waals surface area contributed by atoms with Gasteiger partial charge in [0.05, 0.1) is 16.7 Å². The van der Waals surface area contributed by atoms with E-state index in [9.17, 15) is 0 Å². The molecule has 6 rings (SSSR count). The summed E-state index contributed by atoms with van der Waals surface area (Å²) in [5.74, 6) is 0. The molecule has 2 aromatic carbocycles. The number of pyridine rings is 3. The molecule has 4 nitrogen and oxygen atoms in total. The van der Waals surface area contributed by atoms with Gasteiger partial charge in [-0.2, -0.15) is 0 Å². The Bertz CT molecular complexity index is 1480. The molecule has 0 radical (unpaired) electrons. The molecule has 126 valence electrons. The minimum Gasteiger partial charge on any atom is -0.454 e. The first-order valence-electron chi connectivity index (χ1n) is 8.80. The number of hydrogen-bond donors (Lipinski definition) is 0. The van der Waals surface area contributed by atoms with Gasteiger partial charge in [0, 0.05) is 33.9 Å². The number of para-hydroxylation sites is 1. The third kappa shape index (κ3) is 2.07. The van der Waals surface area contributed by atoms with Crippen LogP contribution in [0.3, 0.4) is 0 Å². The van der Waals surface area contributed by atoms with Crippen LogP contribution in [0.5, 0.6) is 0 Å². The Hall–Kier alpha value is -3.79. The summed E-state index contributed by atoms with van der Waals surface area (Å²) in [6.07, 6.45) is 3.61. The summed E-state index contributed by atoms with van der Waals surface area (Å²) in [5.41, 5.74) is 4.92. The van der Waals surface area contributed by atoms with E-state index in [1.165, 1.54) is 0 Å². The Morgan fingerprint density at radius 2 is 1.48 bits per heavy atom. The predicted molar refractivity (Wildman–Crippen MR) is 108 cm³/mol. The number of benzene rings is 2. The fourth-order valence-corrected chi connectivity index (χ4v) is 3.69. The molecule has 0 aliphatic carbocycles. The molecule has 0 atom stereocenters. The Labute approximate surface area is 154 Å². The van der Waals surface area contributed by atoms with Crippen molar-refractivity contribution in [3.63, 3.8) is 0 Å². The largest absolute Gasteiger partial charge is 0.454 e. The number of furan rings is 1. The van der Waals surface area contributed by atoms with E-state index in [-0.39, 0.29) is 0 Å². The number of nitrogens with zero attached hydrogens (tertiary/aromatic N) is 3. The zero-order valence-electron chi connectivity index (χ0n) is 14.3. The maximum atomic E-state index is 6.12. The highest BCUT2D eigenvalue weighted by Gasteiger charge is 2.15. The van der Waals surface area contributed by atoms with Crippen LogP contribution in [0, 0.1) is 0 Å². The lowest BCUT2D eigenvalue weighted by Crippen LogP contribution is -1.91. The lowest BCUT2D eigenvalue weighted by molar-refractivity contribution is 0.668. The Morgan fingerprint density at radius 3 is 2.44 bits per heavy atom. The molecular formula is C23H13N3O. The molecule has 0 saturated carbocycles. The van der Waals surface area contributed by atoms with Crippen molar-refractivity contribution in [3.05, 3.63) is 79.1 Å². The molecule has 6 aromatic rings. The van der Waals surface area contributed by atoms with Crippen LogP contribution in [-0.4, -0.2) is 15.0 Å². The monoisotopic (exact) mass is 347 g/mol. The van der Waals surface area contributed by atoms with E-state index in [4.69, 9.17) is 9.40 Å². The minimum absolute atomic E-state index is 0.749. The fourth-order valence-electron chi connectivity index (χ4n) is 3.69. The second-order valence-electron chi connectivity index (χ2n) is 6.54. The van der Waals surface area contributed by atoms with Gasteiger partial charge in [-0.1, -0.05) is 42.5 Å². The van der Waals surface area contributed by atoms with Crippen molar-refractivity contribution in [1.29, 1.82) is 0 Å². The van der Waals surface area contributed by atoms with Crippen LogP contribution in [0.25, 0.3) is 55.1 Å². The summed E-state index contributed by atoms with van der Waals surface area (Å²) in [5, 5.41) is 4.27. The van der Waals surface area contributed by atoms with Crippen molar-refractivity contribution in [2.75, 3.05) is 0 Å². The van der Waals surface area contributed by atoms with Gasteiger partial charge in [0.25, 0.3) is 0 Å². The molecule has 0 bridgehead atoms. The van der Waals surface area contributed by atoms with Gasteiger partial charge in [-0.25, -0.2) is 4.98 Å². The van der Waals surface area contributed by atoms with Gasteiger partial charge in [-0.15, -0.1) is 0 Å². The minimum atomic E-state index is 0.749. The number of rotatable bonds is 1. The zero-order chi connectivity index (χ0) is 17.8. The van der Waals surface area contributed by atoms with Crippen molar-refractivity contribution >= 4 is 43.7 Å². The molecule has 0 N–H and O–H groups in total. The smallest absolute Gasteiger partial charge is 0.163 e. The highest BCUT2D eigenvalue weighted by atomic mass is 16.3. The zero-order valence-corrected chi connectivity index (χ0v) is 14.3. The molecule has 4 aromatic heterocycles. The predicted octanol–water partition coefficient (Wildman–Crippen LogP) is 5.74. The second kappa shape index (κ2) is 5.35. The van der Waals surface area contributed by atoms with E-state index >= 15 is 0 Å². The molecule has 27 heavy (non-hydrogen) atoms. The number of fused-ring (bicyclic) bond motifs is 6. The van der Waals surface area contributed by atoms with Crippen LogP contribution >= 0.6 is 0 Å².